The summed E-state index contributed by atoms with van der Waals surface area (Å²) in [4.78, 5) is 3.95. The van der Waals surface area contributed by atoms with Crippen molar-refractivity contribution >= 4 is 11.0 Å². The number of rotatable bonds is 2. The summed E-state index contributed by atoms with van der Waals surface area (Å²) >= 11 is 0. The summed E-state index contributed by atoms with van der Waals surface area (Å²) in [6.45, 7) is -0.858. The number of hydrogen-bond donors (Lipinski definition) is 3. The smallest absolute Gasteiger partial charge is 0.394 e. The third kappa shape index (κ3) is 1.93. The van der Waals surface area contributed by atoms with Crippen LogP contribution in [0.1, 0.15) is 6.23 Å². The van der Waals surface area contributed by atoms with Gasteiger partial charge in [-0.05, 0) is 12.1 Å². The van der Waals surface area contributed by atoms with Crippen LogP contribution in [0.15, 0.2) is 30.6 Å². The molecule has 0 unspecified atom stereocenters. The number of benzene rings is 1. The zero-order valence-electron chi connectivity index (χ0n) is 11.1. The molecule has 3 rings (SSSR count). The van der Waals surface area contributed by atoms with Crippen LogP contribution in [-0.4, -0.2) is 55.5 Å². The summed E-state index contributed by atoms with van der Waals surface area (Å²) in [6, 6.07) is 6.37. The van der Waals surface area contributed by atoms with Crippen molar-refractivity contribution < 1.29 is 33.2 Å². The summed E-state index contributed by atoms with van der Waals surface area (Å²) in [5.41, 5.74) is -2.83. The van der Waals surface area contributed by atoms with Gasteiger partial charge in [-0.2, -0.15) is 13.2 Å². The van der Waals surface area contributed by atoms with E-state index < -0.39 is 36.8 Å². The molecular formula is C13H13F3N2O4. The topological polar surface area (TPSA) is 87.7 Å². The fourth-order valence-electron chi connectivity index (χ4n) is 2.67. The Hall–Kier alpha value is -1.68. The number of imidazole rings is 1. The zero-order valence-corrected chi connectivity index (χ0v) is 11.1. The van der Waals surface area contributed by atoms with Crippen molar-refractivity contribution in [1.29, 1.82) is 0 Å². The molecule has 3 N–H and O–H groups in total. The molecule has 1 aliphatic rings. The van der Waals surface area contributed by atoms with Crippen LogP contribution in [0.25, 0.3) is 11.0 Å². The lowest BCUT2D eigenvalue weighted by atomic mass is 9.93. The van der Waals surface area contributed by atoms with E-state index in [4.69, 9.17) is 9.84 Å². The van der Waals surface area contributed by atoms with E-state index in [9.17, 15) is 23.4 Å². The molecule has 1 aromatic carbocycles. The maximum Gasteiger partial charge on any atom is 0.424 e. The highest BCUT2D eigenvalue weighted by molar-refractivity contribution is 5.75. The van der Waals surface area contributed by atoms with Crippen molar-refractivity contribution in [2.24, 2.45) is 0 Å². The van der Waals surface area contributed by atoms with Gasteiger partial charge in [0.25, 0.3) is 0 Å². The van der Waals surface area contributed by atoms with Crippen LogP contribution in [0.5, 0.6) is 0 Å². The molecule has 1 aromatic heterocycles. The lowest BCUT2D eigenvalue weighted by Crippen LogP contribution is -2.57. The molecule has 0 saturated carbocycles. The number of hydrogen-bond acceptors (Lipinski definition) is 5. The molecule has 0 radical (unpaired) electrons. The molecule has 0 spiro atoms. The van der Waals surface area contributed by atoms with Gasteiger partial charge in [0.15, 0.2) is 6.23 Å². The Balaban J connectivity index is 2.15. The molecule has 6 nitrogen and oxygen atoms in total. The minimum Gasteiger partial charge on any atom is -0.394 e. The van der Waals surface area contributed by atoms with Gasteiger partial charge >= 0.3 is 6.18 Å². The van der Waals surface area contributed by atoms with Gasteiger partial charge in [-0.3, -0.25) is 0 Å². The van der Waals surface area contributed by atoms with Gasteiger partial charge in [-0.25, -0.2) is 4.98 Å². The highest BCUT2D eigenvalue weighted by Gasteiger charge is 2.70. The number of ether oxygens (including phenoxy) is 1. The number of nitrogens with zero attached hydrogens (tertiary/aromatic N) is 2. The minimum absolute atomic E-state index is 0.306. The molecule has 22 heavy (non-hydrogen) atoms. The van der Waals surface area contributed by atoms with Crippen LogP contribution in [-0.2, 0) is 4.74 Å². The van der Waals surface area contributed by atoms with Gasteiger partial charge in [-0.15, -0.1) is 0 Å². The number of aromatic nitrogens is 2. The molecule has 4 atom stereocenters. The molecule has 120 valence electrons. The van der Waals surface area contributed by atoms with Crippen LogP contribution >= 0.6 is 0 Å². The second-order valence-corrected chi connectivity index (χ2v) is 5.12. The van der Waals surface area contributed by atoms with Crippen molar-refractivity contribution in [2.45, 2.75) is 30.2 Å². The Morgan fingerprint density at radius 1 is 1.32 bits per heavy atom. The molecular weight excluding hydrogens is 305 g/mol. The quantitative estimate of drug-likeness (QED) is 0.754. The van der Waals surface area contributed by atoms with E-state index in [0.29, 0.717) is 11.0 Å². The Morgan fingerprint density at radius 2 is 2.00 bits per heavy atom. The Labute approximate surface area is 122 Å². The van der Waals surface area contributed by atoms with E-state index in [2.05, 4.69) is 4.98 Å². The predicted octanol–water partition coefficient (Wildman–Crippen LogP) is 0.580. The molecule has 0 aliphatic carbocycles. The van der Waals surface area contributed by atoms with E-state index in [1.807, 2.05) is 0 Å². The van der Waals surface area contributed by atoms with E-state index in [0.717, 1.165) is 10.9 Å². The second kappa shape index (κ2) is 4.92. The Kier molecular flexibility index (Phi) is 3.40. The number of para-hydroxylation sites is 2. The average Bonchev–Trinajstić information content (AvgIpc) is 3.00. The fraction of sp³-hybridized carbons (Fsp3) is 0.462. The van der Waals surface area contributed by atoms with Crippen LogP contribution in [0.2, 0.25) is 0 Å². The highest BCUT2D eigenvalue weighted by atomic mass is 19.4. The molecule has 1 aliphatic heterocycles. The predicted molar refractivity (Wildman–Crippen MR) is 67.7 cm³/mol. The van der Waals surface area contributed by atoms with E-state index in [1.54, 1.807) is 18.2 Å². The van der Waals surface area contributed by atoms with Gasteiger partial charge in [0, 0.05) is 0 Å². The van der Waals surface area contributed by atoms with Crippen molar-refractivity contribution in [3.8, 4) is 0 Å². The van der Waals surface area contributed by atoms with E-state index in [-0.39, 0.29) is 0 Å². The number of alkyl halides is 3. The average molecular weight is 318 g/mol. The molecule has 9 heteroatoms. The van der Waals surface area contributed by atoms with Gasteiger partial charge < -0.3 is 24.6 Å². The van der Waals surface area contributed by atoms with Crippen molar-refractivity contribution in [3.63, 3.8) is 0 Å². The standard InChI is InChI=1S/C13H13F3N2O4/c14-13(15,16)12(21)10(20)9(5-19)22-11(12)18-6-17-7-3-1-2-4-8(7)18/h1-4,6,9-11,19-21H,5H2/t9-,10-,11-,12-/m1/s1. The highest BCUT2D eigenvalue weighted by Crippen LogP contribution is 2.49. The summed E-state index contributed by atoms with van der Waals surface area (Å²) in [6.07, 6.45) is -9.89. The lowest BCUT2D eigenvalue weighted by molar-refractivity contribution is -0.303. The molecule has 0 bridgehead atoms. The van der Waals surface area contributed by atoms with Crippen molar-refractivity contribution in [2.75, 3.05) is 6.61 Å². The zero-order chi connectivity index (χ0) is 16.1. The summed E-state index contributed by atoms with van der Waals surface area (Å²) in [5, 5.41) is 29.0. The number of aliphatic hydroxyl groups excluding tert-OH is 2. The Morgan fingerprint density at radius 3 is 2.64 bits per heavy atom. The normalized spacial score (nSPS) is 32.7. The first kappa shape index (κ1) is 15.2. The van der Waals surface area contributed by atoms with Crippen LogP contribution < -0.4 is 0 Å². The van der Waals surface area contributed by atoms with E-state index >= 15 is 0 Å². The van der Waals surface area contributed by atoms with Crippen LogP contribution in [0, 0.1) is 0 Å². The molecule has 0 amide bonds. The monoisotopic (exact) mass is 318 g/mol. The van der Waals surface area contributed by atoms with Crippen LogP contribution in [0.3, 0.4) is 0 Å². The number of halogens is 3. The van der Waals surface area contributed by atoms with Crippen molar-refractivity contribution in [3.05, 3.63) is 30.6 Å². The molecule has 1 fully saturated rings. The first-order valence-electron chi connectivity index (χ1n) is 6.45. The number of fused-ring (bicyclic) bond motifs is 1. The maximum absolute atomic E-state index is 13.3. The van der Waals surface area contributed by atoms with E-state index in [1.165, 1.54) is 6.07 Å². The molecule has 2 heterocycles. The van der Waals surface area contributed by atoms with Crippen molar-refractivity contribution in [1.82, 2.24) is 9.55 Å². The third-order valence-electron chi connectivity index (χ3n) is 3.85. The van der Waals surface area contributed by atoms with Gasteiger partial charge in [0.05, 0.1) is 24.0 Å². The maximum atomic E-state index is 13.3. The lowest BCUT2D eigenvalue weighted by Gasteiger charge is -2.33. The van der Waals surface area contributed by atoms with Gasteiger partial charge in [0.2, 0.25) is 5.60 Å². The first-order chi connectivity index (χ1) is 10.3. The van der Waals surface area contributed by atoms with Gasteiger partial charge in [0.1, 0.15) is 12.2 Å². The Bertz CT molecular complexity index is 689. The van der Waals surface area contributed by atoms with Crippen LogP contribution in [0.4, 0.5) is 13.2 Å². The van der Waals surface area contributed by atoms with Gasteiger partial charge in [-0.1, -0.05) is 12.1 Å². The molecule has 1 saturated heterocycles. The summed E-state index contributed by atoms with van der Waals surface area (Å²) < 4.78 is 46.1. The molecule has 2 aromatic rings. The fourth-order valence-corrected chi connectivity index (χ4v) is 2.67. The third-order valence-corrected chi connectivity index (χ3v) is 3.85. The summed E-state index contributed by atoms with van der Waals surface area (Å²) in [5.74, 6) is 0. The summed E-state index contributed by atoms with van der Waals surface area (Å²) in [7, 11) is 0. The number of aliphatic hydroxyl groups is 3. The minimum atomic E-state index is -5.16. The second-order valence-electron chi connectivity index (χ2n) is 5.12. The first-order valence-corrected chi connectivity index (χ1v) is 6.45. The SMILES string of the molecule is OC[C@H]1O[C@@H](n2cnc3ccccc32)[C@@](O)(C(F)(F)F)[C@@H]1O. The largest absolute Gasteiger partial charge is 0.424 e.